The van der Waals surface area contributed by atoms with Gasteiger partial charge in [-0.2, -0.15) is 0 Å². The molecule has 6 N–H and O–H groups in total. The van der Waals surface area contributed by atoms with E-state index in [2.05, 4.69) is 36.8 Å². The number of rotatable bonds is 20. The van der Waals surface area contributed by atoms with Gasteiger partial charge in [0.1, 0.15) is 11.5 Å². The van der Waals surface area contributed by atoms with Crippen LogP contribution in [0.25, 0.3) is 5.57 Å². The van der Waals surface area contributed by atoms with Crippen LogP contribution in [0.3, 0.4) is 0 Å². The van der Waals surface area contributed by atoms with Crippen LogP contribution in [-0.4, -0.2) is 82.8 Å². The summed E-state index contributed by atoms with van der Waals surface area (Å²) in [6.45, 7) is 0.354. The van der Waals surface area contributed by atoms with Crippen LogP contribution in [0.15, 0.2) is 127 Å². The SMILES string of the molecule is O=C(O)CCNC(=O)c1ccc(CN(C(=O)Nc2cccc(OC(F)(F)F)c2)C2CCC(C3CCCCC3)CC2)cc1.O=C(O)CCNC(=O)c1ccc(CN(C(=O)Nc2cccc(OC(F)(F)F)c2)c2ccc(C3=CCCCC3)cc2)cc1. The number of carbonyl (C=O) groups is 6. The molecule has 0 saturated heterocycles. The number of allylic oxidation sites excluding steroid dienone is 2. The van der Waals surface area contributed by atoms with Gasteiger partial charge < -0.3 is 45.9 Å². The van der Waals surface area contributed by atoms with Gasteiger partial charge in [0.15, 0.2) is 0 Å². The molecule has 2 saturated carbocycles. The summed E-state index contributed by atoms with van der Waals surface area (Å²) in [7, 11) is 0. The Kier molecular flexibility index (Phi) is 22.6. The zero-order chi connectivity index (χ0) is 60.2. The average Bonchev–Trinajstić information content (AvgIpc) is 3.67. The molecule has 84 heavy (non-hydrogen) atoms. The second kappa shape index (κ2) is 30.1. The summed E-state index contributed by atoms with van der Waals surface area (Å²) in [5.41, 5.74) is 5.35. The minimum absolute atomic E-state index is 0.00796. The van der Waals surface area contributed by atoms with Gasteiger partial charge in [0.2, 0.25) is 0 Å². The Morgan fingerprint density at radius 3 is 1.50 bits per heavy atom. The monoisotopic (exact) mass is 1170 g/mol. The van der Waals surface area contributed by atoms with Gasteiger partial charge in [0, 0.05) is 66.0 Å². The van der Waals surface area contributed by atoms with Gasteiger partial charge in [0.05, 0.1) is 19.4 Å². The Morgan fingerprint density at radius 1 is 0.536 bits per heavy atom. The van der Waals surface area contributed by atoms with Gasteiger partial charge >= 0.3 is 36.7 Å². The summed E-state index contributed by atoms with van der Waals surface area (Å²) in [4.78, 5) is 76.3. The third-order valence-corrected chi connectivity index (χ3v) is 14.9. The number of amides is 6. The molecule has 2 fully saturated rings. The molecule has 0 bridgehead atoms. The Hall–Kier alpha value is -8.56. The van der Waals surface area contributed by atoms with E-state index >= 15 is 0 Å². The summed E-state index contributed by atoms with van der Waals surface area (Å²) >= 11 is 0. The second-order valence-corrected chi connectivity index (χ2v) is 20.9. The van der Waals surface area contributed by atoms with Crippen LogP contribution in [-0.2, 0) is 22.7 Å². The van der Waals surface area contributed by atoms with Crippen molar-refractivity contribution >= 4 is 58.5 Å². The number of aliphatic carboxylic acids is 2. The number of alkyl halides is 6. The van der Waals surface area contributed by atoms with E-state index in [0.717, 1.165) is 86.6 Å². The highest BCUT2D eigenvalue weighted by atomic mass is 19.4. The summed E-state index contributed by atoms with van der Waals surface area (Å²) < 4.78 is 84.2. The molecule has 0 unspecified atom stereocenters. The molecular formula is C62H68F6N6O10. The van der Waals surface area contributed by atoms with Gasteiger partial charge in [0.25, 0.3) is 11.8 Å². The van der Waals surface area contributed by atoms with Crippen LogP contribution < -0.4 is 35.6 Å². The van der Waals surface area contributed by atoms with Crippen molar-refractivity contribution in [1.29, 1.82) is 0 Å². The number of nitrogens with one attached hydrogen (secondary N) is 4. The van der Waals surface area contributed by atoms with Gasteiger partial charge in [-0.25, -0.2) is 9.59 Å². The van der Waals surface area contributed by atoms with Crippen molar-refractivity contribution in [3.8, 4) is 11.5 Å². The minimum atomic E-state index is -4.87. The molecule has 5 aromatic rings. The number of carbonyl (C=O) groups excluding carboxylic acids is 4. The molecule has 22 heteroatoms. The number of carboxylic acid groups (broad SMARTS) is 2. The molecule has 16 nitrogen and oxygen atoms in total. The summed E-state index contributed by atoms with van der Waals surface area (Å²) in [5, 5.41) is 28.0. The van der Waals surface area contributed by atoms with E-state index in [1.807, 2.05) is 24.3 Å². The lowest BCUT2D eigenvalue weighted by Gasteiger charge is -2.40. The Bertz CT molecular complexity index is 3050. The maximum Gasteiger partial charge on any atom is 0.573 e. The Morgan fingerprint density at radius 2 is 1.02 bits per heavy atom. The number of urea groups is 2. The number of nitrogens with zero attached hydrogens (tertiary/aromatic N) is 2. The molecule has 6 amide bonds. The first-order valence-electron chi connectivity index (χ1n) is 28.0. The number of anilines is 3. The first kappa shape index (κ1) is 63.0. The van der Waals surface area contributed by atoms with Crippen molar-refractivity contribution in [2.24, 2.45) is 11.8 Å². The van der Waals surface area contributed by atoms with Crippen molar-refractivity contribution in [3.63, 3.8) is 0 Å². The van der Waals surface area contributed by atoms with E-state index in [4.69, 9.17) is 10.2 Å². The molecule has 0 heterocycles. The lowest BCUT2D eigenvalue weighted by molar-refractivity contribution is -0.275. The van der Waals surface area contributed by atoms with Crippen LogP contribution >= 0.6 is 0 Å². The fraction of sp³-hybridized carbons (Fsp3) is 0.387. The molecule has 448 valence electrons. The van der Waals surface area contributed by atoms with Gasteiger partial charge in [-0.05, 0) is 146 Å². The van der Waals surface area contributed by atoms with Crippen molar-refractivity contribution in [2.75, 3.05) is 28.6 Å². The van der Waals surface area contributed by atoms with Crippen LogP contribution in [0.5, 0.6) is 11.5 Å². The van der Waals surface area contributed by atoms with Crippen LogP contribution in [0.2, 0.25) is 0 Å². The maximum atomic E-state index is 13.6. The van der Waals surface area contributed by atoms with Gasteiger partial charge in [-0.3, -0.25) is 24.1 Å². The van der Waals surface area contributed by atoms with E-state index < -0.39 is 54.1 Å². The molecule has 0 aliphatic heterocycles. The lowest BCUT2D eigenvalue weighted by Crippen LogP contribution is -2.44. The normalized spacial score (nSPS) is 16.3. The smallest absolute Gasteiger partial charge is 0.481 e. The maximum absolute atomic E-state index is 13.6. The molecule has 0 radical (unpaired) electrons. The van der Waals surface area contributed by atoms with E-state index in [1.165, 1.54) is 72.9 Å². The van der Waals surface area contributed by atoms with Crippen LogP contribution in [0.4, 0.5) is 53.0 Å². The Balaban J connectivity index is 0.000000241. The predicted molar refractivity (Wildman–Crippen MR) is 303 cm³/mol. The predicted octanol–water partition coefficient (Wildman–Crippen LogP) is 13.9. The summed E-state index contributed by atoms with van der Waals surface area (Å²) in [6.07, 6.45) is 6.57. The van der Waals surface area contributed by atoms with E-state index in [0.29, 0.717) is 28.3 Å². The van der Waals surface area contributed by atoms with Crippen molar-refractivity contribution in [3.05, 3.63) is 155 Å². The van der Waals surface area contributed by atoms with Crippen LogP contribution in [0.1, 0.15) is 134 Å². The fourth-order valence-corrected chi connectivity index (χ4v) is 10.7. The number of benzene rings is 5. The summed E-state index contributed by atoms with van der Waals surface area (Å²) in [6, 6.07) is 29.9. The van der Waals surface area contributed by atoms with E-state index in [-0.39, 0.29) is 62.3 Å². The van der Waals surface area contributed by atoms with Gasteiger partial charge in [-0.15, -0.1) is 26.3 Å². The lowest BCUT2D eigenvalue weighted by atomic mass is 9.72. The van der Waals surface area contributed by atoms with Gasteiger partial charge in [-0.1, -0.05) is 86.7 Å². The number of ether oxygens (including phenoxy) is 2. The highest BCUT2D eigenvalue weighted by molar-refractivity contribution is 6.02. The molecule has 8 rings (SSSR count). The standard InChI is InChI=1S/C31H38F3N3O5.C31H30F3N3O5/c2*32-31(33,34)42-27-8-4-7-25(19-27)36-30(41)37(26-15-13-23(14-16-26)22-5-2-1-3-6-22)20-21-9-11-24(12-10-21)29(40)35-18-17-28(38)39/h4,7-12,19,22-23,26H,1-3,5-6,13-18,20H2,(H,35,40)(H,36,41)(H,38,39);4-5,7-16,19H,1-3,6,17-18,20H2,(H,35,40)(H,36,41)(H,38,39). The third kappa shape index (κ3) is 20.4. The number of hydrogen-bond acceptors (Lipinski definition) is 8. The van der Waals surface area contributed by atoms with Crippen molar-refractivity contribution in [1.82, 2.24) is 15.5 Å². The zero-order valence-electron chi connectivity index (χ0n) is 46.1. The van der Waals surface area contributed by atoms with Crippen molar-refractivity contribution < 1.29 is 74.8 Å². The van der Waals surface area contributed by atoms with Crippen molar-refractivity contribution in [2.45, 2.75) is 128 Å². The van der Waals surface area contributed by atoms with E-state index in [9.17, 15) is 55.1 Å². The average molecular weight is 1170 g/mol. The molecule has 0 atom stereocenters. The minimum Gasteiger partial charge on any atom is -0.481 e. The summed E-state index contributed by atoms with van der Waals surface area (Å²) in [5.74, 6) is -2.32. The van der Waals surface area contributed by atoms with E-state index in [1.54, 1.807) is 53.4 Å². The molecule has 3 aliphatic carbocycles. The first-order chi connectivity index (χ1) is 40.1. The molecule has 0 spiro atoms. The number of halogens is 6. The highest BCUT2D eigenvalue weighted by Crippen LogP contribution is 2.40. The first-order valence-corrected chi connectivity index (χ1v) is 28.0. The molecular weight excluding hydrogens is 1100 g/mol. The fourth-order valence-electron chi connectivity index (χ4n) is 10.7. The largest absolute Gasteiger partial charge is 0.573 e. The molecule has 5 aromatic carbocycles. The topological polar surface area (TPSA) is 216 Å². The number of hydrogen-bond donors (Lipinski definition) is 6. The molecule has 0 aromatic heterocycles. The third-order valence-electron chi connectivity index (χ3n) is 14.9. The number of carboxylic acids is 2. The van der Waals surface area contributed by atoms with Crippen LogP contribution in [0, 0.1) is 11.8 Å². The highest BCUT2D eigenvalue weighted by Gasteiger charge is 2.35. The second-order valence-electron chi connectivity index (χ2n) is 20.9. The zero-order valence-corrected chi connectivity index (χ0v) is 46.1. The molecule has 3 aliphatic rings. The quantitative estimate of drug-likeness (QED) is 0.0405. The Labute approximate surface area is 482 Å².